The summed E-state index contributed by atoms with van der Waals surface area (Å²) >= 11 is 1.39. The summed E-state index contributed by atoms with van der Waals surface area (Å²) in [5.41, 5.74) is 1.15. The van der Waals surface area contributed by atoms with Gasteiger partial charge < -0.3 is 0 Å². The standard InChI is InChI=1S/C16H16N4OS/c1-2-3-9-13-19-20-14(17)12(15(21)18-16(20)22-13)10-11-7-5-4-6-8-11/h4-8,10,17H,2-3,9H2,1H3. The van der Waals surface area contributed by atoms with Crippen LogP contribution in [0.5, 0.6) is 0 Å². The predicted octanol–water partition coefficient (Wildman–Crippen LogP) is 3.50. The van der Waals surface area contributed by atoms with Crippen molar-refractivity contribution in [2.45, 2.75) is 26.2 Å². The van der Waals surface area contributed by atoms with Gasteiger partial charge in [0.15, 0.2) is 5.84 Å². The molecule has 6 heteroatoms. The van der Waals surface area contributed by atoms with E-state index in [4.69, 9.17) is 5.41 Å². The first-order valence-corrected chi connectivity index (χ1v) is 8.05. The average Bonchev–Trinajstić information content (AvgIpc) is 2.93. The van der Waals surface area contributed by atoms with E-state index in [1.807, 2.05) is 30.3 Å². The summed E-state index contributed by atoms with van der Waals surface area (Å²) in [5, 5.41) is 15.5. The van der Waals surface area contributed by atoms with Crippen LogP contribution in [0.15, 0.2) is 46.0 Å². The molecule has 1 N–H and O–H groups in total. The second-order valence-corrected chi connectivity index (χ2v) is 6.07. The SMILES string of the molecule is CCCCC1=NN2C(=N)C(=Cc3ccccc3)C(=O)N=C2S1. The Morgan fingerprint density at radius 3 is 2.82 bits per heavy atom. The molecule has 1 aromatic rings. The highest BCUT2D eigenvalue weighted by Crippen LogP contribution is 2.29. The lowest BCUT2D eigenvalue weighted by atomic mass is 10.1. The number of benzene rings is 1. The number of rotatable bonds is 4. The molecule has 0 radical (unpaired) electrons. The monoisotopic (exact) mass is 312 g/mol. The number of amides is 1. The van der Waals surface area contributed by atoms with Crippen molar-refractivity contribution in [3.05, 3.63) is 41.5 Å². The fourth-order valence-electron chi connectivity index (χ4n) is 2.18. The minimum atomic E-state index is -0.375. The summed E-state index contributed by atoms with van der Waals surface area (Å²) in [6.07, 6.45) is 4.67. The number of fused-ring (bicyclic) bond motifs is 1. The Bertz CT molecular complexity index is 706. The highest BCUT2D eigenvalue weighted by atomic mass is 32.2. The van der Waals surface area contributed by atoms with Crippen molar-refractivity contribution in [1.29, 1.82) is 5.41 Å². The van der Waals surface area contributed by atoms with Gasteiger partial charge in [-0.15, -0.1) is 0 Å². The van der Waals surface area contributed by atoms with Gasteiger partial charge in [0.1, 0.15) is 5.04 Å². The van der Waals surface area contributed by atoms with Crippen LogP contribution < -0.4 is 0 Å². The first-order valence-electron chi connectivity index (χ1n) is 7.23. The van der Waals surface area contributed by atoms with E-state index < -0.39 is 0 Å². The highest BCUT2D eigenvalue weighted by Gasteiger charge is 2.35. The van der Waals surface area contributed by atoms with Crippen LogP contribution in [-0.2, 0) is 4.79 Å². The van der Waals surface area contributed by atoms with Crippen LogP contribution in [0, 0.1) is 5.41 Å². The molecule has 5 nitrogen and oxygen atoms in total. The maximum atomic E-state index is 12.2. The number of hydrogen-bond donors (Lipinski definition) is 1. The highest BCUT2D eigenvalue weighted by molar-refractivity contribution is 8.26. The Balaban J connectivity index is 1.88. The van der Waals surface area contributed by atoms with Gasteiger partial charge in [-0.2, -0.15) is 15.1 Å². The third-order valence-electron chi connectivity index (χ3n) is 3.35. The van der Waals surface area contributed by atoms with Crippen LogP contribution in [0.25, 0.3) is 6.08 Å². The molecule has 0 spiro atoms. The summed E-state index contributed by atoms with van der Waals surface area (Å²) in [7, 11) is 0. The van der Waals surface area contributed by atoms with Gasteiger partial charge in [0.05, 0.1) is 5.57 Å². The molecule has 0 aromatic heterocycles. The number of aliphatic imine (C=N–C) groups is 1. The zero-order valence-corrected chi connectivity index (χ0v) is 13.1. The van der Waals surface area contributed by atoms with E-state index in [-0.39, 0.29) is 17.3 Å². The molecule has 22 heavy (non-hydrogen) atoms. The van der Waals surface area contributed by atoms with Crippen LogP contribution in [0.3, 0.4) is 0 Å². The molecule has 0 unspecified atom stereocenters. The van der Waals surface area contributed by atoms with Gasteiger partial charge in [0, 0.05) is 0 Å². The Hall–Kier alpha value is -2.21. The van der Waals surface area contributed by atoms with Crippen molar-refractivity contribution in [1.82, 2.24) is 5.01 Å². The molecule has 112 valence electrons. The van der Waals surface area contributed by atoms with Crippen molar-refractivity contribution in [2.24, 2.45) is 10.1 Å². The summed E-state index contributed by atoms with van der Waals surface area (Å²) in [4.78, 5) is 16.3. The lowest BCUT2D eigenvalue weighted by Crippen LogP contribution is -2.35. The molecule has 0 atom stereocenters. The van der Waals surface area contributed by atoms with E-state index in [0.29, 0.717) is 5.17 Å². The lowest BCUT2D eigenvalue weighted by molar-refractivity contribution is -0.114. The smallest absolute Gasteiger partial charge is 0.282 e. The topological polar surface area (TPSA) is 68.9 Å². The molecule has 0 saturated heterocycles. The van der Waals surface area contributed by atoms with E-state index in [0.717, 1.165) is 29.9 Å². The summed E-state index contributed by atoms with van der Waals surface area (Å²) in [6.45, 7) is 2.12. The number of amidine groups is 2. The Kier molecular flexibility index (Phi) is 4.20. The van der Waals surface area contributed by atoms with Gasteiger partial charge in [-0.05, 0) is 36.2 Å². The number of nitrogens with zero attached hydrogens (tertiary/aromatic N) is 3. The third kappa shape index (κ3) is 2.87. The molecule has 2 heterocycles. The molecule has 2 aliphatic heterocycles. The van der Waals surface area contributed by atoms with E-state index in [2.05, 4.69) is 17.0 Å². The van der Waals surface area contributed by atoms with Gasteiger partial charge >= 0.3 is 0 Å². The number of unbranched alkanes of at least 4 members (excludes halogenated alkanes) is 1. The largest absolute Gasteiger partial charge is 0.283 e. The zero-order chi connectivity index (χ0) is 15.5. The van der Waals surface area contributed by atoms with Gasteiger partial charge in [-0.3, -0.25) is 10.2 Å². The van der Waals surface area contributed by atoms with Gasteiger partial charge in [-0.25, -0.2) is 0 Å². The molecule has 1 amide bonds. The normalized spacial score (nSPS) is 19.3. The lowest BCUT2D eigenvalue weighted by Gasteiger charge is -2.20. The van der Waals surface area contributed by atoms with E-state index >= 15 is 0 Å². The van der Waals surface area contributed by atoms with Crippen LogP contribution in [0.1, 0.15) is 31.7 Å². The molecular formula is C16H16N4OS. The molecule has 2 aliphatic rings. The molecule has 3 rings (SSSR count). The average molecular weight is 312 g/mol. The van der Waals surface area contributed by atoms with Crippen LogP contribution in [0.4, 0.5) is 0 Å². The van der Waals surface area contributed by atoms with Crippen molar-refractivity contribution >= 4 is 39.8 Å². The first kappa shape index (κ1) is 14.7. The number of nitrogens with one attached hydrogen (secondary N) is 1. The predicted molar refractivity (Wildman–Crippen MR) is 91.0 cm³/mol. The van der Waals surface area contributed by atoms with Crippen molar-refractivity contribution in [2.75, 3.05) is 0 Å². The van der Waals surface area contributed by atoms with Gasteiger partial charge in [0.25, 0.3) is 5.91 Å². The fourth-order valence-corrected chi connectivity index (χ4v) is 3.10. The maximum absolute atomic E-state index is 12.2. The van der Waals surface area contributed by atoms with E-state index in [1.165, 1.54) is 16.8 Å². The summed E-state index contributed by atoms with van der Waals surface area (Å²) < 4.78 is 0. The second-order valence-electron chi connectivity index (χ2n) is 5.03. The van der Waals surface area contributed by atoms with Crippen molar-refractivity contribution in [3.63, 3.8) is 0 Å². The number of thioether (sulfide) groups is 1. The number of hydrogen-bond acceptors (Lipinski definition) is 4. The van der Waals surface area contributed by atoms with Crippen LogP contribution in [0.2, 0.25) is 0 Å². The molecule has 0 bridgehead atoms. The van der Waals surface area contributed by atoms with Crippen molar-refractivity contribution in [3.8, 4) is 0 Å². The Morgan fingerprint density at radius 1 is 1.32 bits per heavy atom. The third-order valence-corrected chi connectivity index (χ3v) is 4.32. The Morgan fingerprint density at radius 2 is 2.09 bits per heavy atom. The van der Waals surface area contributed by atoms with E-state index in [1.54, 1.807) is 6.08 Å². The second kappa shape index (κ2) is 6.27. The minimum absolute atomic E-state index is 0.0952. The van der Waals surface area contributed by atoms with Crippen LogP contribution in [-0.4, -0.2) is 27.0 Å². The number of carbonyl (C=O) groups excluding carboxylic acids is 1. The number of hydrazone groups is 1. The van der Waals surface area contributed by atoms with Gasteiger partial charge in [-0.1, -0.05) is 43.7 Å². The molecule has 0 saturated carbocycles. The quantitative estimate of drug-likeness (QED) is 0.865. The minimum Gasteiger partial charge on any atom is -0.282 e. The first-order chi connectivity index (χ1) is 10.7. The van der Waals surface area contributed by atoms with Crippen molar-refractivity contribution < 1.29 is 4.79 Å². The number of carbonyl (C=O) groups is 1. The fraction of sp³-hybridized carbons (Fsp3) is 0.250. The van der Waals surface area contributed by atoms with Gasteiger partial charge in [0.2, 0.25) is 5.17 Å². The molecular weight excluding hydrogens is 296 g/mol. The summed E-state index contributed by atoms with van der Waals surface area (Å²) in [6, 6.07) is 9.48. The Labute approximate surface area is 133 Å². The van der Waals surface area contributed by atoms with E-state index in [9.17, 15) is 4.79 Å². The van der Waals surface area contributed by atoms with Crippen LogP contribution >= 0.6 is 11.8 Å². The molecule has 1 aromatic carbocycles. The molecule has 0 fully saturated rings. The molecule has 0 aliphatic carbocycles. The maximum Gasteiger partial charge on any atom is 0.283 e. The summed E-state index contributed by atoms with van der Waals surface area (Å²) in [5.74, 6) is -0.280. The zero-order valence-electron chi connectivity index (χ0n) is 12.2.